The molecule has 3 rings (SSSR count). The number of anilines is 1. The number of carbonyl (C=O) groups is 1. The minimum Gasteiger partial charge on any atom is -0.497 e. The van der Waals surface area contributed by atoms with Crippen LogP contribution in [-0.4, -0.2) is 42.2 Å². The first-order valence-corrected chi connectivity index (χ1v) is 8.49. The largest absolute Gasteiger partial charge is 0.497 e. The maximum absolute atomic E-state index is 12.5. The molecular weight excluding hydrogens is 380 g/mol. The second kappa shape index (κ2) is 8.38. The van der Waals surface area contributed by atoms with Gasteiger partial charge in [0.2, 0.25) is 5.82 Å². The Morgan fingerprint density at radius 2 is 1.93 bits per heavy atom. The van der Waals surface area contributed by atoms with Crippen LogP contribution in [0.2, 0.25) is 0 Å². The van der Waals surface area contributed by atoms with Crippen LogP contribution < -0.4 is 9.64 Å². The summed E-state index contributed by atoms with van der Waals surface area (Å²) in [6, 6.07) is 11.0. The Balaban J connectivity index is 1.73. The van der Waals surface area contributed by atoms with Crippen molar-refractivity contribution in [1.82, 2.24) is 10.1 Å². The van der Waals surface area contributed by atoms with Gasteiger partial charge >= 0.3 is 5.97 Å². The van der Waals surface area contributed by atoms with Crippen LogP contribution in [0.25, 0.3) is 11.4 Å². The molecule has 0 N–H and O–H groups in total. The Morgan fingerprint density at radius 3 is 2.55 bits per heavy atom. The summed E-state index contributed by atoms with van der Waals surface area (Å²) < 4.78 is 15.4. The summed E-state index contributed by atoms with van der Waals surface area (Å²) in [5.74, 6) is 0.394. The monoisotopic (exact) mass is 398 g/mol. The lowest BCUT2D eigenvalue weighted by atomic mass is 10.1. The molecule has 0 spiro atoms. The molecule has 0 radical (unpaired) electrons. The van der Waals surface area contributed by atoms with Gasteiger partial charge in [0.25, 0.3) is 11.6 Å². The zero-order valence-electron chi connectivity index (χ0n) is 16.0. The molecule has 3 aromatic rings. The van der Waals surface area contributed by atoms with Gasteiger partial charge in [0.1, 0.15) is 5.75 Å². The summed E-state index contributed by atoms with van der Waals surface area (Å²) >= 11 is 0. The number of esters is 1. The van der Waals surface area contributed by atoms with E-state index in [0.717, 1.165) is 0 Å². The summed E-state index contributed by atoms with van der Waals surface area (Å²) in [6.07, 6.45) is 0. The Labute approximate surface area is 165 Å². The Morgan fingerprint density at radius 1 is 1.21 bits per heavy atom. The number of benzene rings is 2. The first-order chi connectivity index (χ1) is 13.9. The molecule has 0 saturated carbocycles. The van der Waals surface area contributed by atoms with Gasteiger partial charge in [-0.1, -0.05) is 5.16 Å². The van der Waals surface area contributed by atoms with Crippen molar-refractivity contribution in [1.29, 1.82) is 0 Å². The third-order valence-electron chi connectivity index (χ3n) is 4.04. The minimum atomic E-state index is -0.735. The first-order valence-electron chi connectivity index (χ1n) is 8.49. The van der Waals surface area contributed by atoms with Crippen molar-refractivity contribution < 1.29 is 23.7 Å². The molecule has 0 unspecified atom stereocenters. The number of ether oxygens (including phenoxy) is 2. The molecule has 29 heavy (non-hydrogen) atoms. The quantitative estimate of drug-likeness (QED) is 0.336. The first kappa shape index (κ1) is 19.8. The van der Waals surface area contributed by atoms with Crippen LogP contribution >= 0.6 is 0 Å². The molecule has 2 aromatic carbocycles. The topological polar surface area (TPSA) is 121 Å². The number of carbonyl (C=O) groups excluding carboxylic acids is 1. The van der Waals surface area contributed by atoms with Gasteiger partial charge in [-0.3, -0.25) is 10.1 Å². The van der Waals surface area contributed by atoms with Crippen LogP contribution in [0, 0.1) is 10.1 Å². The number of rotatable bonds is 7. The van der Waals surface area contributed by atoms with Crippen molar-refractivity contribution in [3.63, 3.8) is 0 Å². The highest BCUT2D eigenvalue weighted by Gasteiger charge is 2.20. The maximum atomic E-state index is 12.5. The van der Waals surface area contributed by atoms with Gasteiger partial charge in [-0.05, 0) is 30.3 Å². The van der Waals surface area contributed by atoms with Crippen LogP contribution in [-0.2, 0) is 11.3 Å². The number of hydrogen-bond acceptors (Lipinski definition) is 9. The fourth-order valence-corrected chi connectivity index (χ4v) is 2.57. The lowest BCUT2D eigenvalue weighted by molar-refractivity contribution is -0.384. The molecule has 0 atom stereocenters. The molecule has 0 aliphatic heterocycles. The standard InChI is InChI=1S/C19H18N4O6/c1-22(2)16-9-6-13(23(25)26)10-15(16)19(24)28-11-17-20-18(21-29-17)12-4-7-14(27-3)8-5-12/h4-10H,11H2,1-3H3. The van der Waals surface area contributed by atoms with Crippen molar-refractivity contribution >= 4 is 17.3 Å². The van der Waals surface area contributed by atoms with Crippen LogP contribution in [0.15, 0.2) is 47.0 Å². The van der Waals surface area contributed by atoms with E-state index in [1.807, 2.05) is 0 Å². The molecule has 10 heteroatoms. The molecule has 1 heterocycles. The average Bonchev–Trinajstić information content (AvgIpc) is 3.20. The Hall–Kier alpha value is -3.95. The summed E-state index contributed by atoms with van der Waals surface area (Å²) in [7, 11) is 5.01. The van der Waals surface area contributed by atoms with Crippen LogP contribution in [0.5, 0.6) is 5.75 Å². The molecule has 0 amide bonds. The number of nitro groups is 1. The molecular formula is C19H18N4O6. The third kappa shape index (κ3) is 4.49. The van der Waals surface area contributed by atoms with Crippen molar-refractivity contribution in [2.75, 3.05) is 26.1 Å². The van der Waals surface area contributed by atoms with E-state index in [4.69, 9.17) is 14.0 Å². The molecule has 0 aliphatic carbocycles. The van der Waals surface area contributed by atoms with Gasteiger partial charge in [0.15, 0.2) is 6.61 Å². The normalized spacial score (nSPS) is 10.4. The van der Waals surface area contributed by atoms with Gasteiger partial charge in [-0.15, -0.1) is 0 Å². The highest BCUT2D eigenvalue weighted by Crippen LogP contribution is 2.25. The fourth-order valence-electron chi connectivity index (χ4n) is 2.57. The van der Waals surface area contributed by atoms with Crippen LogP contribution in [0.3, 0.4) is 0 Å². The molecule has 1 aromatic heterocycles. The van der Waals surface area contributed by atoms with Crippen LogP contribution in [0.1, 0.15) is 16.2 Å². The highest BCUT2D eigenvalue weighted by molar-refractivity contribution is 5.96. The SMILES string of the molecule is COc1ccc(-c2noc(COC(=O)c3cc([N+](=O)[O-])ccc3N(C)C)n2)cc1. The second-order valence-corrected chi connectivity index (χ2v) is 6.17. The molecule has 150 valence electrons. The fraction of sp³-hybridized carbons (Fsp3) is 0.211. The van der Waals surface area contributed by atoms with E-state index in [-0.39, 0.29) is 23.7 Å². The lowest BCUT2D eigenvalue weighted by Crippen LogP contribution is -2.16. The van der Waals surface area contributed by atoms with Crippen molar-refractivity contribution in [2.45, 2.75) is 6.61 Å². The van der Waals surface area contributed by atoms with E-state index in [1.54, 1.807) is 50.4 Å². The third-order valence-corrected chi connectivity index (χ3v) is 4.04. The Kier molecular flexibility index (Phi) is 5.72. The summed E-state index contributed by atoms with van der Waals surface area (Å²) in [5.41, 5.74) is 1.06. The minimum absolute atomic E-state index is 0.0686. The number of aromatic nitrogens is 2. The number of hydrogen-bond donors (Lipinski definition) is 0. The number of non-ortho nitro benzene ring substituents is 1. The summed E-state index contributed by atoms with van der Waals surface area (Å²) in [6.45, 7) is -0.266. The lowest BCUT2D eigenvalue weighted by Gasteiger charge is -2.16. The Bertz CT molecular complexity index is 1030. The predicted octanol–water partition coefficient (Wildman–Crippen LogP) is 3.08. The van der Waals surface area contributed by atoms with E-state index >= 15 is 0 Å². The van der Waals surface area contributed by atoms with E-state index in [9.17, 15) is 14.9 Å². The van der Waals surface area contributed by atoms with Gasteiger partial charge in [-0.25, -0.2) is 4.79 Å². The summed E-state index contributed by atoms with van der Waals surface area (Å²) in [5, 5.41) is 14.9. The van der Waals surface area contributed by atoms with Crippen LogP contribution in [0.4, 0.5) is 11.4 Å². The predicted molar refractivity (Wildman–Crippen MR) is 103 cm³/mol. The zero-order chi connectivity index (χ0) is 21.0. The van der Waals surface area contributed by atoms with Gasteiger partial charge in [-0.2, -0.15) is 4.98 Å². The number of nitro benzene ring substituents is 1. The van der Waals surface area contributed by atoms with Gasteiger partial charge in [0, 0.05) is 31.8 Å². The maximum Gasteiger partial charge on any atom is 0.341 e. The van der Waals surface area contributed by atoms with Gasteiger partial charge in [0.05, 0.1) is 23.3 Å². The molecule has 0 fully saturated rings. The van der Waals surface area contributed by atoms with Crippen molar-refractivity contribution in [3.8, 4) is 17.1 Å². The molecule has 10 nitrogen and oxygen atoms in total. The van der Waals surface area contributed by atoms with E-state index in [2.05, 4.69) is 10.1 Å². The zero-order valence-corrected chi connectivity index (χ0v) is 16.0. The molecule has 0 aliphatic rings. The van der Waals surface area contributed by atoms with Crippen molar-refractivity contribution in [2.24, 2.45) is 0 Å². The number of methoxy groups -OCH3 is 1. The van der Waals surface area contributed by atoms with E-state index < -0.39 is 10.9 Å². The summed E-state index contributed by atoms with van der Waals surface area (Å²) in [4.78, 5) is 28.8. The second-order valence-electron chi connectivity index (χ2n) is 6.17. The van der Waals surface area contributed by atoms with Gasteiger partial charge < -0.3 is 18.9 Å². The number of nitrogens with zero attached hydrogens (tertiary/aromatic N) is 4. The highest BCUT2D eigenvalue weighted by atomic mass is 16.6. The van der Waals surface area contributed by atoms with Crippen molar-refractivity contribution in [3.05, 3.63) is 64.0 Å². The molecule has 0 saturated heterocycles. The van der Waals surface area contributed by atoms with E-state index in [1.165, 1.54) is 18.2 Å². The molecule has 0 bridgehead atoms. The van der Waals surface area contributed by atoms with E-state index in [0.29, 0.717) is 22.8 Å². The smallest absolute Gasteiger partial charge is 0.341 e. The average molecular weight is 398 g/mol.